The van der Waals surface area contributed by atoms with Gasteiger partial charge >= 0.3 is 0 Å². The van der Waals surface area contributed by atoms with Crippen LogP contribution in [0.1, 0.15) is 20.3 Å². The first kappa shape index (κ1) is 16.8. The van der Waals surface area contributed by atoms with E-state index in [0.29, 0.717) is 5.95 Å². The van der Waals surface area contributed by atoms with Crippen LogP contribution < -0.4 is 16.0 Å². The van der Waals surface area contributed by atoms with Crippen molar-refractivity contribution >= 4 is 17.5 Å². The highest BCUT2D eigenvalue weighted by atomic mass is 16.5. The molecule has 1 saturated heterocycles. The van der Waals surface area contributed by atoms with Crippen LogP contribution in [-0.4, -0.2) is 67.4 Å². The number of nitrogens with two attached hydrogens (primary N) is 1. The maximum absolute atomic E-state index is 5.75. The monoisotopic (exact) mass is 308 g/mol. The molecule has 1 aliphatic rings. The van der Waals surface area contributed by atoms with Gasteiger partial charge in [0, 0.05) is 19.6 Å². The number of hydrogen-bond donors (Lipinski definition) is 2. The number of ether oxygens (including phenoxy) is 1. The maximum atomic E-state index is 5.75. The molecule has 1 aromatic heterocycles. The molecule has 2 heterocycles. The Hall–Kier alpha value is -1.60. The summed E-state index contributed by atoms with van der Waals surface area (Å²) in [5.41, 5.74) is 6.70. The molecule has 7 nitrogen and oxygen atoms in total. The van der Waals surface area contributed by atoms with Crippen molar-refractivity contribution in [2.45, 2.75) is 20.3 Å². The number of hydrogen-bond acceptors (Lipinski definition) is 7. The highest BCUT2D eigenvalue weighted by Gasteiger charge is 2.17. The van der Waals surface area contributed by atoms with Crippen LogP contribution in [0.15, 0.2) is 6.20 Å². The fourth-order valence-electron chi connectivity index (χ4n) is 2.59. The summed E-state index contributed by atoms with van der Waals surface area (Å²) in [6.45, 7) is 11.7. The third-order valence-electron chi connectivity index (χ3n) is 3.96. The Morgan fingerprint density at radius 1 is 1.32 bits per heavy atom. The first-order chi connectivity index (χ1) is 10.7. The normalized spacial score (nSPS) is 15.3. The van der Waals surface area contributed by atoms with Gasteiger partial charge in [0.25, 0.3) is 0 Å². The van der Waals surface area contributed by atoms with Gasteiger partial charge in [0.15, 0.2) is 5.82 Å². The number of nitrogens with zero attached hydrogens (tertiary/aromatic N) is 4. The van der Waals surface area contributed by atoms with Crippen molar-refractivity contribution in [2.24, 2.45) is 0 Å². The lowest BCUT2D eigenvalue weighted by Gasteiger charge is -2.29. The maximum Gasteiger partial charge on any atom is 0.222 e. The smallest absolute Gasteiger partial charge is 0.222 e. The van der Waals surface area contributed by atoms with Crippen LogP contribution in [0.3, 0.4) is 0 Å². The second-order valence-corrected chi connectivity index (χ2v) is 5.37. The van der Waals surface area contributed by atoms with Crippen molar-refractivity contribution in [1.29, 1.82) is 0 Å². The zero-order valence-electron chi connectivity index (χ0n) is 13.7. The van der Waals surface area contributed by atoms with Crippen LogP contribution in [0.25, 0.3) is 0 Å². The Kier molecular flexibility index (Phi) is 6.67. The minimum Gasteiger partial charge on any atom is -0.381 e. The van der Waals surface area contributed by atoms with Crippen molar-refractivity contribution in [1.82, 2.24) is 14.9 Å². The number of nitrogen functional groups attached to an aromatic ring is 1. The van der Waals surface area contributed by atoms with Gasteiger partial charge in [0.2, 0.25) is 5.95 Å². The number of nitrogens with one attached hydrogen (secondary N) is 1. The van der Waals surface area contributed by atoms with Crippen molar-refractivity contribution in [3.05, 3.63) is 6.20 Å². The number of anilines is 3. The molecule has 0 aromatic carbocycles. The highest BCUT2D eigenvalue weighted by Crippen LogP contribution is 2.24. The van der Waals surface area contributed by atoms with Crippen LogP contribution >= 0.6 is 0 Å². The van der Waals surface area contributed by atoms with Crippen molar-refractivity contribution < 1.29 is 4.74 Å². The van der Waals surface area contributed by atoms with Crippen LogP contribution in [-0.2, 0) is 4.74 Å². The van der Waals surface area contributed by atoms with Gasteiger partial charge in [-0.15, -0.1) is 0 Å². The predicted octanol–water partition coefficient (Wildman–Crippen LogP) is 1.04. The van der Waals surface area contributed by atoms with Crippen molar-refractivity contribution in [3.8, 4) is 0 Å². The summed E-state index contributed by atoms with van der Waals surface area (Å²) in [6, 6.07) is 0. The third kappa shape index (κ3) is 4.71. The van der Waals surface area contributed by atoms with Crippen LogP contribution in [0, 0.1) is 0 Å². The minimum atomic E-state index is 0.315. The molecule has 1 aliphatic heterocycles. The van der Waals surface area contributed by atoms with Crippen molar-refractivity contribution in [2.75, 3.05) is 68.4 Å². The molecular formula is C15H28N6O. The lowest BCUT2D eigenvalue weighted by Crippen LogP contribution is -2.37. The lowest BCUT2D eigenvalue weighted by atomic mass is 10.3. The average molecular weight is 308 g/mol. The summed E-state index contributed by atoms with van der Waals surface area (Å²) < 4.78 is 5.40. The molecule has 7 heteroatoms. The van der Waals surface area contributed by atoms with E-state index in [0.717, 1.165) is 70.4 Å². The van der Waals surface area contributed by atoms with Crippen LogP contribution in [0.4, 0.5) is 17.5 Å². The molecule has 1 fully saturated rings. The van der Waals surface area contributed by atoms with Gasteiger partial charge in [0.05, 0.1) is 25.1 Å². The summed E-state index contributed by atoms with van der Waals surface area (Å²) in [6.07, 6.45) is 2.87. The van der Waals surface area contributed by atoms with Gasteiger partial charge < -0.3 is 25.6 Å². The van der Waals surface area contributed by atoms with Gasteiger partial charge in [-0.25, -0.2) is 4.98 Å². The van der Waals surface area contributed by atoms with Gasteiger partial charge in [-0.1, -0.05) is 13.8 Å². The summed E-state index contributed by atoms with van der Waals surface area (Å²) >= 11 is 0. The van der Waals surface area contributed by atoms with Gasteiger partial charge in [-0.3, -0.25) is 0 Å². The Labute approximate surface area is 132 Å². The summed E-state index contributed by atoms with van der Waals surface area (Å²) in [7, 11) is 0. The molecule has 0 bridgehead atoms. The molecule has 0 unspecified atom stereocenters. The zero-order chi connectivity index (χ0) is 15.8. The molecule has 22 heavy (non-hydrogen) atoms. The van der Waals surface area contributed by atoms with E-state index in [-0.39, 0.29) is 0 Å². The van der Waals surface area contributed by atoms with Crippen LogP contribution in [0.2, 0.25) is 0 Å². The third-order valence-corrected chi connectivity index (χ3v) is 3.96. The van der Waals surface area contributed by atoms with E-state index in [4.69, 9.17) is 10.5 Å². The quantitative estimate of drug-likeness (QED) is 0.695. The Balaban J connectivity index is 1.92. The first-order valence-corrected chi connectivity index (χ1v) is 8.16. The molecule has 1 aromatic rings. The predicted molar refractivity (Wildman–Crippen MR) is 90.4 cm³/mol. The number of rotatable bonds is 8. The first-order valence-electron chi connectivity index (χ1n) is 8.16. The van der Waals surface area contributed by atoms with E-state index < -0.39 is 0 Å². The zero-order valence-corrected chi connectivity index (χ0v) is 13.7. The molecule has 0 radical (unpaired) electrons. The highest BCUT2D eigenvalue weighted by molar-refractivity contribution is 5.66. The molecule has 124 valence electrons. The van der Waals surface area contributed by atoms with Crippen molar-refractivity contribution in [3.63, 3.8) is 0 Å². The van der Waals surface area contributed by atoms with E-state index in [1.165, 1.54) is 0 Å². The second-order valence-electron chi connectivity index (χ2n) is 5.37. The Bertz CT molecular complexity index is 446. The fraction of sp³-hybridized carbons (Fsp3) is 0.733. The van der Waals surface area contributed by atoms with Gasteiger partial charge in [-0.2, -0.15) is 4.98 Å². The molecule has 0 amide bonds. The molecule has 2 rings (SSSR count). The molecule has 0 saturated carbocycles. The van der Waals surface area contributed by atoms with Gasteiger partial charge in [0.1, 0.15) is 0 Å². The van der Waals surface area contributed by atoms with E-state index in [2.05, 4.69) is 38.9 Å². The Morgan fingerprint density at radius 2 is 2.05 bits per heavy atom. The SMILES string of the molecule is CCN(CC)CCCNc1cnc(N)nc1N1CCOCC1. The fourth-order valence-corrected chi connectivity index (χ4v) is 2.59. The number of aromatic nitrogens is 2. The molecule has 0 aliphatic carbocycles. The molecule has 0 spiro atoms. The van der Waals surface area contributed by atoms with E-state index in [1.807, 2.05) is 0 Å². The topological polar surface area (TPSA) is 79.5 Å². The van der Waals surface area contributed by atoms with Gasteiger partial charge in [-0.05, 0) is 26.1 Å². The van der Waals surface area contributed by atoms with E-state index in [1.54, 1.807) is 6.20 Å². The summed E-state index contributed by atoms with van der Waals surface area (Å²) in [4.78, 5) is 13.1. The molecule has 3 N–H and O–H groups in total. The molecule has 0 atom stereocenters. The second kappa shape index (κ2) is 8.75. The molecular weight excluding hydrogens is 280 g/mol. The van der Waals surface area contributed by atoms with E-state index in [9.17, 15) is 0 Å². The summed E-state index contributed by atoms with van der Waals surface area (Å²) in [5.74, 6) is 1.20. The minimum absolute atomic E-state index is 0.315. The van der Waals surface area contributed by atoms with Crippen LogP contribution in [0.5, 0.6) is 0 Å². The average Bonchev–Trinajstić information content (AvgIpc) is 2.57. The Morgan fingerprint density at radius 3 is 2.73 bits per heavy atom. The van der Waals surface area contributed by atoms with E-state index >= 15 is 0 Å². The largest absolute Gasteiger partial charge is 0.381 e. The standard InChI is InChI=1S/C15H28N6O/c1-3-20(4-2)7-5-6-17-13-12-18-15(16)19-14(13)21-8-10-22-11-9-21/h12,17H,3-11H2,1-2H3,(H2,16,18,19). The summed E-state index contributed by atoms with van der Waals surface area (Å²) in [5, 5.41) is 3.45. The number of morpholine rings is 1. The lowest BCUT2D eigenvalue weighted by molar-refractivity contribution is 0.122.